The van der Waals surface area contributed by atoms with Crippen LogP contribution in [0.2, 0.25) is 0 Å². The second-order valence-electron chi connectivity index (χ2n) is 7.14. The van der Waals surface area contributed by atoms with Crippen molar-refractivity contribution < 1.29 is 18.9 Å². The standard InChI is InChI=1S/C23H29N3O4/c1-7-13(2)21(24)23-25-16-12-20(30-6)19(29-5)11-15(16)22(26-23)14-8-9-17(27-3)18(10-14)28-4/h8-13,21H,7,24H2,1-6H3. The zero-order valence-corrected chi connectivity index (χ0v) is 18.4. The Morgan fingerprint density at radius 3 is 2.03 bits per heavy atom. The molecular formula is C23H29N3O4. The van der Waals surface area contributed by atoms with Crippen LogP contribution in [0.3, 0.4) is 0 Å². The van der Waals surface area contributed by atoms with Gasteiger partial charge in [-0.3, -0.25) is 0 Å². The van der Waals surface area contributed by atoms with Gasteiger partial charge in [-0.1, -0.05) is 20.3 Å². The van der Waals surface area contributed by atoms with E-state index in [1.807, 2.05) is 30.3 Å². The third-order valence-corrected chi connectivity index (χ3v) is 5.43. The topological polar surface area (TPSA) is 88.7 Å². The van der Waals surface area contributed by atoms with Crippen LogP contribution in [0, 0.1) is 5.92 Å². The Morgan fingerprint density at radius 2 is 1.43 bits per heavy atom. The van der Waals surface area contributed by atoms with E-state index in [1.54, 1.807) is 28.4 Å². The highest BCUT2D eigenvalue weighted by molar-refractivity contribution is 5.95. The van der Waals surface area contributed by atoms with Crippen molar-refractivity contribution in [2.24, 2.45) is 11.7 Å². The Bertz CT molecular complexity index is 1040. The molecule has 1 aromatic heterocycles. The predicted octanol–water partition coefficient (Wildman–Crippen LogP) is 4.38. The summed E-state index contributed by atoms with van der Waals surface area (Å²) in [6, 6.07) is 9.16. The van der Waals surface area contributed by atoms with Crippen LogP contribution in [0.5, 0.6) is 23.0 Å². The Hall–Kier alpha value is -3.06. The lowest BCUT2D eigenvalue weighted by Crippen LogP contribution is -2.21. The van der Waals surface area contributed by atoms with Crippen LogP contribution >= 0.6 is 0 Å². The van der Waals surface area contributed by atoms with Crippen LogP contribution in [-0.2, 0) is 0 Å². The lowest BCUT2D eigenvalue weighted by atomic mass is 9.98. The average molecular weight is 412 g/mol. The van der Waals surface area contributed by atoms with Gasteiger partial charge in [0.25, 0.3) is 0 Å². The quantitative estimate of drug-likeness (QED) is 0.588. The molecule has 0 saturated heterocycles. The number of hydrogen-bond donors (Lipinski definition) is 1. The first kappa shape index (κ1) is 21.6. The summed E-state index contributed by atoms with van der Waals surface area (Å²) in [5.74, 6) is 3.31. The maximum absolute atomic E-state index is 6.49. The summed E-state index contributed by atoms with van der Waals surface area (Å²) in [4.78, 5) is 9.64. The minimum atomic E-state index is -0.286. The summed E-state index contributed by atoms with van der Waals surface area (Å²) in [5, 5.41) is 0.833. The molecule has 0 aliphatic rings. The van der Waals surface area contributed by atoms with Crippen LogP contribution < -0.4 is 24.7 Å². The molecule has 0 radical (unpaired) electrons. The minimum absolute atomic E-state index is 0.237. The van der Waals surface area contributed by atoms with Gasteiger partial charge in [0.2, 0.25) is 0 Å². The van der Waals surface area contributed by atoms with E-state index < -0.39 is 0 Å². The third kappa shape index (κ3) is 3.98. The highest BCUT2D eigenvalue weighted by Crippen LogP contribution is 2.39. The largest absolute Gasteiger partial charge is 0.493 e. The minimum Gasteiger partial charge on any atom is -0.493 e. The fourth-order valence-electron chi connectivity index (χ4n) is 3.33. The van der Waals surface area contributed by atoms with E-state index in [-0.39, 0.29) is 12.0 Å². The fourth-order valence-corrected chi connectivity index (χ4v) is 3.33. The number of methoxy groups -OCH3 is 4. The highest BCUT2D eigenvalue weighted by atomic mass is 16.5. The molecule has 2 atom stereocenters. The van der Waals surface area contributed by atoms with Crippen molar-refractivity contribution in [3.05, 3.63) is 36.2 Å². The zero-order chi connectivity index (χ0) is 21.8. The summed E-state index contributed by atoms with van der Waals surface area (Å²) in [5.41, 5.74) is 8.84. The van der Waals surface area contributed by atoms with Gasteiger partial charge in [-0.15, -0.1) is 0 Å². The fraction of sp³-hybridized carbons (Fsp3) is 0.391. The number of fused-ring (bicyclic) bond motifs is 1. The molecule has 2 aromatic carbocycles. The molecule has 2 N–H and O–H groups in total. The Balaban J connectivity index is 2.31. The van der Waals surface area contributed by atoms with Crippen molar-refractivity contribution in [2.45, 2.75) is 26.3 Å². The molecular weight excluding hydrogens is 382 g/mol. The smallest absolute Gasteiger partial charge is 0.162 e. The predicted molar refractivity (Wildman–Crippen MR) is 118 cm³/mol. The third-order valence-electron chi connectivity index (χ3n) is 5.43. The first-order valence-corrected chi connectivity index (χ1v) is 9.88. The van der Waals surface area contributed by atoms with E-state index in [2.05, 4.69) is 13.8 Å². The summed E-state index contributed by atoms with van der Waals surface area (Å²) in [6.07, 6.45) is 0.931. The SMILES string of the molecule is CCC(C)C(N)c1nc(-c2ccc(OC)c(OC)c2)c2cc(OC)c(OC)cc2n1. The number of ether oxygens (including phenoxy) is 4. The lowest BCUT2D eigenvalue weighted by molar-refractivity contribution is 0.355. The van der Waals surface area contributed by atoms with Gasteiger partial charge in [0, 0.05) is 17.0 Å². The lowest BCUT2D eigenvalue weighted by Gasteiger charge is -2.19. The highest BCUT2D eigenvalue weighted by Gasteiger charge is 2.21. The molecule has 160 valence electrons. The Labute approximate surface area is 177 Å². The van der Waals surface area contributed by atoms with Crippen LogP contribution in [0.25, 0.3) is 22.2 Å². The number of nitrogens with two attached hydrogens (primary N) is 1. The monoisotopic (exact) mass is 411 g/mol. The van der Waals surface area contributed by atoms with Gasteiger partial charge in [-0.05, 0) is 30.2 Å². The molecule has 0 saturated carbocycles. The van der Waals surface area contributed by atoms with Crippen molar-refractivity contribution in [3.8, 4) is 34.3 Å². The molecule has 0 aliphatic heterocycles. The van der Waals surface area contributed by atoms with E-state index in [0.717, 1.165) is 28.6 Å². The Kier molecular flexibility index (Phi) is 6.62. The second-order valence-corrected chi connectivity index (χ2v) is 7.14. The number of benzene rings is 2. The summed E-state index contributed by atoms with van der Waals surface area (Å²) in [6.45, 7) is 4.21. The normalized spacial score (nSPS) is 13.0. The number of rotatable bonds is 8. The molecule has 0 fully saturated rings. The first-order chi connectivity index (χ1) is 14.5. The first-order valence-electron chi connectivity index (χ1n) is 9.88. The zero-order valence-electron chi connectivity index (χ0n) is 18.4. The summed E-state index contributed by atoms with van der Waals surface area (Å²) < 4.78 is 21.8. The molecule has 30 heavy (non-hydrogen) atoms. The van der Waals surface area contributed by atoms with E-state index >= 15 is 0 Å². The summed E-state index contributed by atoms with van der Waals surface area (Å²) in [7, 11) is 6.43. The molecule has 0 aliphatic carbocycles. The van der Waals surface area contributed by atoms with Gasteiger partial charge in [-0.2, -0.15) is 0 Å². The van der Waals surface area contributed by atoms with Gasteiger partial charge < -0.3 is 24.7 Å². The number of hydrogen-bond acceptors (Lipinski definition) is 7. The molecule has 7 heteroatoms. The van der Waals surface area contributed by atoms with E-state index in [4.69, 9.17) is 34.6 Å². The van der Waals surface area contributed by atoms with Gasteiger partial charge in [0.05, 0.1) is 45.7 Å². The molecule has 3 rings (SSSR count). The second kappa shape index (κ2) is 9.17. The molecule has 1 heterocycles. The molecule has 0 spiro atoms. The molecule has 2 unspecified atom stereocenters. The van der Waals surface area contributed by atoms with Crippen LogP contribution in [-0.4, -0.2) is 38.4 Å². The van der Waals surface area contributed by atoms with E-state index in [0.29, 0.717) is 28.8 Å². The molecule has 0 bridgehead atoms. The van der Waals surface area contributed by atoms with Gasteiger partial charge >= 0.3 is 0 Å². The molecule has 0 amide bonds. The Morgan fingerprint density at radius 1 is 0.833 bits per heavy atom. The number of aromatic nitrogens is 2. The van der Waals surface area contributed by atoms with Crippen molar-refractivity contribution in [3.63, 3.8) is 0 Å². The maximum atomic E-state index is 6.49. The van der Waals surface area contributed by atoms with Crippen LogP contribution in [0.1, 0.15) is 32.1 Å². The van der Waals surface area contributed by atoms with Crippen LogP contribution in [0.15, 0.2) is 30.3 Å². The molecule has 7 nitrogen and oxygen atoms in total. The van der Waals surface area contributed by atoms with Gasteiger partial charge in [-0.25, -0.2) is 9.97 Å². The van der Waals surface area contributed by atoms with Crippen molar-refractivity contribution in [1.82, 2.24) is 9.97 Å². The van der Waals surface area contributed by atoms with Gasteiger partial charge in [0.15, 0.2) is 23.0 Å². The summed E-state index contributed by atoms with van der Waals surface area (Å²) >= 11 is 0. The van der Waals surface area contributed by atoms with Crippen LogP contribution in [0.4, 0.5) is 0 Å². The van der Waals surface area contributed by atoms with Crippen molar-refractivity contribution in [2.75, 3.05) is 28.4 Å². The van der Waals surface area contributed by atoms with Crippen molar-refractivity contribution >= 4 is 10.9 Å². The van der Waals surface area contributed by atoms with E-state index in [9.17, 15) is 0 Å². The average Bonchev–Trinajstić information content (AvgIpc) is 2.80. The maximum Gasteiger partial charge on any atom is 0.162 e. The van der Waals surface area contributed by atoms with Crippen molar-refractivity contribution in [1.29, 1.82) is 0 Å². The van der Waals surface area contributed by atoms with E-state index in [1.165, 1.54) is 0 Å². The molecule has 3 aromatic rings. The number of nitrogens with zero attached hydrogens (tertiary/aromatic N) is 2. The van der Waals surface area contributed by atoms with Gasteiger partial charge in [0.1, 0.15) is 5.82 Å².